The van der Waals surface area contributed by atoms with Crippen molar-refractivity contribution in [3.8, 4) is 5.88 Å². The van der Waals surface area contributed by atoms with Crippen molar-refractivity contribution in [1.82, 2.24) is 14.5 Å². The third-order valence-corrected chi connectivity index (χ3v) is 4.64. The number of sulfonamides is 1. The molecule has 27 heavy (non-hydrogen) atoms. The van der Waals surface area contributed by atoms with E-state index < -0.39 is 16.1 Å². The van der Waals surface area contributed by atoms with Crippen LogP contribution in [-0.2, 0) is 21.3 Å². The van der Waals surface area contributed by atoms with E-state index in [1.165, 1.54) is 28.7 Å². The van der Waals surface area contributed by atoms with Gasteiger partial charge in [-0.25, -0.2) is 17.9 Å². The first-order valence-corrected chi connectivity index (χ1v) is 9.58. The van der Waals surface area contributed by atoms with Crippen LogP contribution in [0.5, 0.6) is 5.88 Å². The molecule has 2 aromatic rings. The summed E-state index contributed by atoms with van der Waals surface area (Å²) in [6, 6.07) is 6.40. The average molecular weight is 436 g/mol. The Balaban J connectivity index is 2.34. The molecule has 0 saturated heterocycles. The van der Waals surface area contributed by atoms with Gasteiger partial charge in [-0.2, -0.15) is 0 Å². The molecule has 1 aromatic carbocycles. The fraction of sp³-hybridized carbons (Fsp3) is 0.200. The summed E-state index contributed by atoms with van der Waals surface area (Å²) in [5.41, 5.74) is 1.02. The molecule has 0 radical (unpaired) electrons. The van der Waals surface area contributed by atoms with Gasteiger partial charge in [-0.05, 0) is 23.8 Å². The van der Waals surface area contributed by atoms with E-state index in [0.29, 0.717) is 26.7 Å². The summed E-state index contributed by atoms with van der Waals surface area (Å²) in [4.78, 5) is 10.5. The Morgan fingerprint density at radius 3 is 2.74 bits per heavy atom. The number of aromatic nitrogens is 2. The highest BCUT2D eigenvalue weighted by Crippen LogP contribution is 2.23. The fourth-order valence-electron chi connectivity index (χ4n) is 1.98. The summed E-state index contributed by atoms with van der Waals surface area (Å²) in [6.07, 6.45) is -0.507. The molecule has 0 aliphatic heterocycles. The third-order valence-electron chi connectivity index (χ3n) is 3.10. The van der Waals surface area contributed by atoms with E-state index in [1.807, 2.05) is 0 Å². The highest BCUT2D eigenvalue weighted by Gasteiger charge is 2.13. The van der Waals surface area contributed by atoms with Crippen LogP contribution >= 0.6 is 23.2 Å². The zero-order chi connectivity index (χ0) is 20.0. The van der Waals surface area contributed by atoms with Crippen molar-refractivity contribution >= 4 is 45.4 Å². The summed E-state index contributed by atoms with van der Waals surface area (Å²) < 4.78 is 36.2. The van der Waals surface area contributed by atoms with Crippen LogP contribution in [0.1, 0.15) is 11.3 Å². The lowest BCUT2D eigenvalue weighted by molar-refractivity contribution is 0.0473. The van der Waals surface area contributed by atoms with E-state index in [9.17, 15) is 13.2 Å². The smallest absolute Gasteiger partial charge is 0.418 e. The Hall–Kier alpha value is -2.27. The molecule has 0 bridgehead atoms. The van der Waals surface area contributed by atoms with Gasteiger partial charge in [0.1, 0.15) is 0 Å². The molecule has 1 heterocycles. The van der Waals surface area contributed by atoms with Crippen molar-refractivity contribution in [2.24, 2.45) is 0 Å². The van der Waals surface area contributed by atoms with Gasteiger partial charge >= 0.3 is 6.09 Å². The van der Waals surface area contributed by atoms with Crippen LogP contribution in [0.2, 0.25) is 10.0 Å². The third kappa shape index (κ3) is 6.43. The van der Waals surface area contributed by atoms with Gasteiger partial charge in [-0.3, -0.25) is 4.68 Å². The second-order valence-electron chi connectivity index (χ2n) is 5.11. The Morgan fingerprint density at radius 2 is 2.11 bits per heavy atom. The van der Waals surface area contributed by atoms with Crippen LogP contribution in [0.4, 0.5) is 4.79 Å². The second kappa shape index (κ2) is 9.09. The Morgan fingerprint density at radius 1 is 1.37 bits per heavy atom. The number of halogens is 2. The van der Waals surface area contributed by atoms with Crippen molar-refractivity contribution < 1.29 is 27.8 Å². The van der Waals surface area contributed by atoms with E-state index in [4.69, 9.17) is 37.8 Å². The van der Waals surface area contributed by atoms with E-state index in [-0.39, 0.29) is 19.2 Å². The van der Waals surface area contributed by atoms with E-state index >= 15 is 0 Å². The number of rotatable bonds is 8. The summed E-state index contributed by atoms with van der Waals surface area (Å²) in [5.74, 6) is 0.185. The van der Waals surface area contributed by atoms with Gasteiger partial charge in [0.15, 0.2) is 6.79 Å². The van der Waals surface area contributed by atoms with Crippen molar-refractivity contribution in [2.75, 3.05) is 13.9 Å². The standard InChI is InChI=1S/C15H15Cl2N3O6S/c1-25-9-26-14-7-12(4-5-27(23,24)19-15(21)22)20(18-14)8-10-2-3-11(16)6-13(10)17/h2-7,19H,8-9H2,1H3,(H,21,22). The van der Waals surface area contributed by atoms with Gasteiger partial charge in [0.25, 0.3) is 10.0 Å². The van der Waals surface area contributed by atoms with Crippen molar-refractivity contribution in [2.45, 2.75) is 6.54 Å². The molecule has 12 heteroatoms. The monoisotopic (exact) mass is 435 g/mol. The zero-order valence-corrected chi connectivity index (χ0v) is 16.3. The zero-order valence-electron chi connectivity index (χ0n) is 13.9. The molecule has 1 amide bonds. The number of nitrogens with zero attached hydrogens (tertiary/aromatic N) is 2. The summed E-state index contributed by atoms with van der Waals surface area (Å²) in [5, 5.41) is 14.3. The Labute approximate surface area is 165 Å². The fourth-order valence-corrected chi connectivity index (χ4v) is 3.08. The summed E-state index contributed by atoms with van der Waals surface area (Å²) in [7, 11) is -2.73. The van der Waals surface area contributed by atoms with E-state index in [0.717, 1.165) is 0 Å². The van der Waals surface area contributed by atoms with Crippen molar-refractivity contribution in [3.05, 3.63) is 51.0 Å². The van der Waals surface area contributed by atoms with Crippen molar-refractivity contribution in [3.63, 3.8) is 0 Å². The van der Waals surface area contributed by atoms with Crippen LogP contribution in [-0.4, -0.2) is 43.3 Å². The lowest BCUT2D eigenvalue weighted by Crippen LogP contribution is -2.26. The van der Waals surface area contributed by atoms with Crippen LogP contribution in [0.25, 0.3) is 6.08 Å². The Kier molecular flexibility index (Phi) is 7.08. The van der Waals surface area contributed by atoms with Crippen molar-refractivity contribution in [1.29, 1.82) is 0 Å². The molecule has 0 spiro atoms. The molecule has 2 N–H and O–H groups in total. The number of ether oxygens (including phenoxy) is 2. The van der Waals surface area contributed by atoms with Gasteiger partial charge in [0, 0.05) is 23.2 Å². The molecular formula is C15H15Cl2N3O6S. The molecule has 0 atom stereocenters. The number of hydrogen-bond acceptors (Lipinski definition) is 6. The number of nitrogens with one attached hydrogen (secondary N) is 1. The molecule has 0 fully saturated rings. The van der Waals surface area contributed by atoms with Crippen LogP contribution in [0.3, 0.4) is 0 Å². The largest absolute Gasteiger partial charge is 0.464 e. The molecule has 146 valence electrons. The van der Waals surface area contributed by atoms with Crippen LogP contribution < -0.4 is 9.46 Å². The van der Waals surface area contributed by atoms with Gasteiger partial charge in [0.05, 0.1) is 17.6 Å². The highest BCUT2D eigenvalue weighted by atomic mass is 35.5. The van der Waals surface area contributed by atoms with Gasteiger partial charge in [-0.1, -0.05) is 29.3 Å². The van der Waals surface area contributed by atoms with Gasteiger partial charge < -0.3 is 14.6 Å². The number of amides is 1. The summed E-state index contributed by atoms with van der Waals surface area (Å²) >= 11 is 12.0. The number of benzene rings is 1. The van der Waals surface area contributed by atoms with Gasteiger partial charge in [0.2, 0.25) is 5.88 Å². The Bertz CT molecular complexity index is 958. The number of methoxy groups -OCH3 is 1. The minimum atomic E-state index is -4.17. The SMILES string of the molecule is COCOc1cc(C=CS(=O)(=O)NC(=O)O)n(Cc2ccc(Cl)cc2Cl)n1. The molecule has 0 saturated carbocycles. The predicted octanol–water partition coefficient (Wildman–Crippen LogP) is 2.79. The van der Waals surface area contributed by atoms with E-state index in [1.54, 1.807) is 18.2 Å². The normalized spacial score (nSPS) is 11.7. The molecule has 9 nitrogen and oxygen atoms in total. The molecule has 2 rings (SSSR count). The topological polar surface area (TPSA) is 120 Å². The minimum Gasteiger partial charge on any atom is -0.464 e. The lowest BCUT2D eigenvalue weighted by Gasteiger charge is -2.07. The number of carbonyl (C=O) groups is 1. The predicted molar refractivity (Wildman–Crippen MR) is 99.4 cm³/mol. The summed E-state index contributed by atoms with van der Waals surface area (Å²) in [6.45, 7) is 0.138. The first-order chi connectivity index (χ1) is 12.7. The first kappa shape index (κ1) is 21.0. The lowest BCUT2D eigenvalue weighted by atomic mass is 10.2. The highest BCUT2D eigenvalue weighted by molar-refractivity contribution is 7.93. The molecule has 0 aliphatic rings. The second-order valence-corrected chi connectivity index (χ2v) is 7.52. The molecule has 0 unspecified atom stereocenters. The molecule has 1 aromatic heterocycles. The van der Waals surface area contributed by atoms with Crippen LogP contribution in [0.15, 0.2) is 29.7 Å². The maximum Gasteiger partial charge on any atom is 0.418 e. The minimum absolute atomic E-state index is 0.0548. The van der Waals surface area contributed by atoms with Gasteiger partial charge in [-0.15, -0.1) is 5.10 Å². The number of carboxylic acid groups (broad SMARTS) is 1. The maximum atomic E-state index is 11.7. The molecular weight excluding hydrogens is 421 g/mol. The van der Waals surface area contributed by atoms with Crippen LogP contribution in [0, 0.1) is 0 Å². The first-order valence-electron chi connectivity index (χ1n) is 7.27. The number of hydrogen-bond donors (Lipinski definition) is 2. The maximum absolute atomic E-state index is 11.7. The quantitative estimate of drug-likeness (QED) is 0.611. The molecule has 0 aliphatic carbocycles. The average Bonchev–Trinajstić information content (AvgIpc) is 2.94. The van der Waals surface area contributed by atoms with E-state index in [2.05, 4.69) is 5.10 Å².